The van der Waals surface area contributed by atoms with E-state index in [1.807, 2.05) is 0 Å². The van der Waals surface area contributed by atoms with Gasteiger partial charge in [-0.05, 0) is 25.2 Å². The van der Waals surface area contributed by atoms with Crippen LogP contribution in [0.3, 0.4) is 0 Å². The van der Waals surface area contributed by atoms with E-state index in [1.54, 1.807) is 0 Å². The van der Waals surface area contributed by atoms with Gasteiger partial charge in [-0.2, -0.15) is 0 Å². The summed E-state index contributed by atoms with van der Waals surface area (Å²) in [6.07, 6.45) is 5.05. The van der Waals surface area contributed by atoms with E-state index >= 15 is 0 Å². The van der Waals surface area contributed by atoms with Crippen LogP contribution in [0.25, 0.3) is 0 Å². The van der Waals surface area contributed by atoms with E-state index in [-0.39, 0.29) is 0 Å². The van der Waals surface area contributed by atoms with E-state index in [0.29, 0.717) is 12.1 Å². The number of nitrogens with one attached hydrogen (secondary N) is 1. The summed E-state index contributed by atoms with van der Waals surface area (Å²) >= 11 is 0. The minimum Gasteiger partial charge on any atom is -0.380 e. The highest BCUT2D eigenvalue weighted by molar-refractivity contribution is 4.79. The van der Waals surface area contributed by atoms with Gasteiger partial charge in [0.05, 0.1) is 6.61 Å². The number of ether oxygens (including phenoxy) is 1. The Kier molecular flexibility index (Phi) is 5.49. The molecule has 2 heteroatoms. The third kappa shape index (κ3) is 3.58. The largest absolute Gasteiger partial charge is 0.380 e. The topological polar surface area (TPSA) is 21.3 Å². The van der Waals surface area contributed by atoms with E-state index in [9.17, 15) is 0 Å². The number of hydrogen-bond donors (Lipinski definition) is 1. The normalized spacial score (nSPS) is 26.4. The van der Waals surface area contributed by atoms with Gasteiger partial charge in [-0.25, -0.2) is 0 Å². The first-order chi connectivity index (χ1) is 6.77. The summed E-state index contributed by atoms with van der Waals surface area (Å²) in [5.41, 5.74) is 0. The number of rotatable bonds is 6. The third-order valence-corrected chi connectivity index (χ3v) is 3.25. The van der Waals surface area contributed by atoms with Gasteiger partial charge >= 0.3 is 0 Å². The lowest BCUT2D eigenvalue weighted by Crippen LogP contribution is -2.42. The average Bonchev–Trinajstić information content (AvgIpc) is 2.66. The first-order valence-corrected chi connectivity index (χ1v) is 6.11. The summed E-state index contributed by atoms with van der Waals surface area (Å²) in [5.74, 6) is 0.797. The molecule has 1 rings (SSSR count). The van der Waals surface area contributed by atoms with Crippen molar-refractivity contribution < 1.29 is 4.74 Å². The maximum absolute atomic E-state index is 5.38. The summed E-state index contributed by atoms with van der Waals surface area (Å²) in [6, 6.07) is 1.29. The molecule has 0 radical (unpaired) electrons. The predicted molar refractivity (Wildman–Crippen MR) is 60.5 cm³/mol. The summed E-state index contributed by atoms with van der Waals surface area (Å²) in [7, 11) is 0. The summed E-state index contributed by atoms with van der Waals surface area (Å²) in [5, 5.41) is 3.73. The first-order valence-electron chi connectivity index (χ1n) is 6.11. The van der Waals surface area contributed by atoms with Gasteiger partial charge in [-0.15, -0.1) is 0 Å². The zero-order valence-corrected chi connectivity index (χ0v) is 9.88. The molecule has 1 saturated heterocycles. The Morgan fingerprint density at radius 3 is 2.71 bits per heavy atom. The van der Waals surface area contributed by atoms with Crippen molar-refractivity contribution in [1.82, 2.24) is 5.32 Å². The monoisotopic (exact) mass is 199 g/mol. The Morgan fingerprint density at radius 2 is 2.21 bits per heavy atom. The molecule has 0 saturated carbocycles. The third-order valence-electron chi connectivity index (χ3n) is 3.25. The molecule has 1 N–H and O–H groups in total. The Morgan fingerprint density at radius 1 is 1.43 bits per heavy atom. The summed E-state index contributed by atoms with van der Waals surface area (Å²) < 4.78 is 5.38. The highest BCUT2D eigenvalue weighted by atomic mass is 16.5. The van der Waals surface area contributed by atoms with Crippen LogP contribution in [0.5, 0.6) is 0 Å². The van der Waals surface area contributed by atoms with Crippen molar-refractivity contribution in [1.29, 1.82) is 0 Å². The molecule has 3 unspecified atom stereocenters. The lowest BCUT2D eigenvalue weighted by atomic mass is 9.94. The molecule has 84 valence electrons. The molecular formula is C12H25NO. The fourth-order valence-corrected chi connectivity index (χ4v) is 2.31. The molecule has 1 aliphatic rings. The quantitative estimate of drug-likeness (QED) is 0.710. The van der Waals surface area contributed by atoms with Crippen LogP contribution in [0, 0.1) is 5.92 Å². The molecule has 1 heterocycles. The maximum Gasteiger partial charge on any atom is 0.0620 e. The van der Waals surface area contributed by atoms with Crippen LogP contribution in [0.4, 0.5) is 0 Å². The van der Waals surface area contributed by atoms with Gasteiger partial charge in [-0.1, -0.05) is 27.2 Å². The summed E-state index contributed by atoms with van der Waals surface area (Å²) in [4.78, 5) is 0. The van der Waals surface area contributed by atoms with Crippen molar-refractivity contribution in [2.24, 2.45) is 5.92 Å². The van der Waals surface area contributed by atoms with Crippen LogP contribution in [0.1, 0.15) is 46.5 Å². The van der Waals surface area contributed by atoms with E-state index in [1.165, 1.54) is 25.7 Å². The molecule has 1 aliphatic heterocycles. The molecule has 0 spiro atoms. The van der Waals surface area contributed by atoms with Crippen molar-refractivity contribution >= 4 is 0 Å². The lowest BCUT2D eigenvalue weighted by molar-refractivity contribution is 0.184. The molecule has 0 aliphatic carbocycles. The van der Waals surface area contributed by atoms with E-state index in [0.717, 1.165) is 19.1 Å². The standard InChI is InChI=1S/C12H25NO/c1-4-6-10(3)12(5-2)13-11-7-8-14-9-11/h10-13H,4-9H2,1-3H3. The fraction of sp³-hybridized carbons (Fsp3) is 1.00. The zero-order chi connectivity index (χ0) is 10.4. The lowest BCUT2D eigenvalue weighted by Gasteiger charge is -2.26. The van der Waals surface area contributed by atoms with Crippen molar-refractivity contribution in [3.63, 3.8) is 0 Å². The second kappa shape index (κ2) is 6.41. The second-order valence-electron chi connectivity index (χ2n) is 4.51. The van der Waals surface area contributed by atoms with Crippen LogP contribution >= 0.6 is 0 Å². The van der Waals surface area contributed by atoms with Gasteiger partial charge in [0.2, 0.25) is 0 Å². The zero-order valence-electron chi connectivity index (χ0n) is 9.88. The molecule has 0 bridgehead atoms. The molecule has 0 amide bonds. The number of hydrogen-bond acceptors (Lipinski definition) is 2. The summed E-state index contributed by atoms with van der Waals surface area (Å²) in [6.45, 7) is 8.76. The average molecular weight is 199 g/mol. The highest BCUT2D eigenvalue weighted by Crippen LogP contribution is 2.15. The first kappa shape index (κ1) is 12.0. The van der Waals surface area contributed by atoms with Gasteiger partial charge in [-0.3, -0.25) is 0 Å². The van der Waals surface area contributed by atoms with Crippen molar-refractivity contribution in [3.8, 4) is 0 Å². The molecule has 1 fully saturated rings. The Balaban J connectivity index is 2.29. The van der Waals surface area contributed by atoms with Crippen LogP contribution in [-0.4, -0.2) is 25.3 Å². The van der Waals surface area contributed by atoms with Crippen molar-refractivity contribution in [2.75, 3.05) is 13.2 Å². The van der Waals surface area contributed by atoms with Crippen LogP contribution in [0.15, 0.2) is 0 Å². The van der Waals surface area contributed by atoms with E-state index in [2.05, 4.69) is 26.1 Å². The molecule has 14 heavy (non-hydrogen) atoms. The predicted octanol–water partition coefficient (Wildman–Crippen LogP) is 2.58. The maximum atomic E-state index is 5.38. The van der Waals surface area contributed by atoms with Gasteiger partial charge in [0.15, 0.2) is 0 Å². The van der Waals surface area contributed by atoms with Crippen LogP contribution in [-0.2, 0) is 4.74 Å². The van der Waals surface area contributed by atoms with Crippen LogP contribution < -0.4 is 5.32 Å². The second-order valence-corrected chi connectivity index (χ2v) is 4.51. The molecule has 2 nitrogen and oxygen atoms in total. The Hall–Kier alpha value is -0.0800. The van der Waals surface area contributed by atoms with Crippen molar-refractivity contribution in [2.45, 2.75) is 58.5 Å². The smallest absolute Gasteiger partial charge is 0.0620 e. The van der Waals surface area contributed by atoms with E-state index in [4.69, 9.17) is 4.74 Å². The minimum absolute atomic E-state index is 0.610. The van der Waals surface area contributed by atoms with Crippen LogP contribution in [0.2, 0.25) is 0 Å². The fourth-order valence-electron chi connectivity index (χ4n) is 2.31. The van der Waals surface area contributed by atoms with Gasteiger partial charge in [0, 0.05) is 18.7 Å². The Bertz CT molecular complexity index is 143. The SMILES string of the molecule is CCCC(C)C(CC)NC1CCOC1. The molecule has 0 aromatic carbocycles. The van der Waals surface area contributed by atoms with Crippen molar-refractivity contribution in [3.05, 3.63) is 0 Å². The molecular weight excluding hydrogens is 174 g/mol. The molecule has 0 aromatic heterocycles. The van der Waals surface area contributed by atoms with Gasteiger partial charge < -0.3 is 10.1 Å². The van der Waals surface area contributed by atoms with Gasteiger partial charge in [0.1, 0.15) is 0 Å². The van der Waals surface area contributed by atoms with E-state index < -0.39 is 0 Å². The highest BCUT2D eigenvalue weighted by Gasteiger charge is 2.21. The van der Waals surface area contributed by atoms with Gasteiger partial charge in [0.25, 0.3) is 0 Å². The molecule has 0 aromatic rings. The minimum atomic E-state index is 0.610. The Labute approximate surface area is 88.4 Å². The molecule has 3 atom stereocenters.